The van der Waals surface area contributed by atoms with E-state index in [-0.39, 0.29) is 22.7 Å². The number of aromatic nitrogens is 3. The summed E-state index contributed by atoms with van der Waals surface area (Å²) in [5, 5.41) is 14.4. The van der Waals surface area contributed by atoms with Crippen LogP contribution < -0.4 is 10.2 Å². The van der Waals surface area contributed by atoms with Gasteiger partial charge in [0.25, 0.3) is 0 Å². The maximum Gasteiger partial charge on any atom is 0.337 e. The highest BCUT2D eigenvalue weighted by Crippen LogP contribution is 2.45. The second-order valence-electron chi connectivity index (χ2n) is 13.5. The minimum absolute atomic E-state index is 0.0447. The average molecular weight is 646 g/mol. The Bertz CT molecular complexity index is 1930. The molecule has 1 aliphatic heterocycles. The molecule has 1 atom stereocenters. The zero-order chi connectivity index (χ0) is 32.8. The molecular formula is C35H37ClFN5O4. The number of aliphatic carboxylic acids is 1. The highest BCUT2D eigenvalue weighted by atomic mass is 35.5. The first-order valence-corrected chi connectivity index (χ1v) is 15.7. The molecule has 3 aromatic heterocycles. The molecule has 240 valence electrons. The summed E-state index contributed by atoms with van der Waals surface area (Å²) in [6.07, 6.45) is 3.45. The summed E-state index contributed by atoms with van der Waals surface area (Å²) in [4.78, 5) is 27.8. The normalized spacial score (nSPS) is 15.8. The molecule has 0 saturated carbocycles. The van der Waals surface area contributed by atoms with E-state index in [1.54, 1.807) is 33.0 Å². The van der Waals surface area contributed by atoms with Crippen LogP contribution in [0.5, 0.6) is 0 Å². The molecule has 5 aromatic rings. The van der Waals surface area contributed by atoms with Crippen LogP contribution in [0.15, 0.2) is 59.4 Å². The SMILES string of the molecule is CC1(C)CCN(c2c(-c3ccc(CNc4ncnc5c4oc4ccccc45)c(F)c3)cnc(Cl)c2C(OC(C)(C)C)C(=O)O)CC1. The van der Waals surface area contributed by atoms with Gasteiger partial charge < -0.3 is 24.5 Å². The molecule has 0 aliphatic carbocycles. The van der Waals surface area contributed by atoms with E-state index in [1.807, 2.05) is 30.3 Å². The van der Waals surface area contributed by atoms with Crippen molar-refractivity contribution in [2.75, 3.05) is 23.3 Å². The fraction of sp³-hybridized carbons (Fsp3) is 0.371. The lowest BCUT2D eigenvalue weighted by atomic mass is 9.82. The van der Waals surface area contributed by atoms with Crippen molar-refractivity contribution in [1.82, 2.24) is 15.0 Å². The van der Waals surface area contributed by atoms with Crippen molar-refractivity contribution in [1.29, 1.82) is 0 Å². The first-order chi connectivity index (χ1) is 21.8. The summed E-state index contributed by atoms with van der Waals surface area (Å²) in [6, 6.07) is 12.6. The van der Waals surface area contributed by atoms with Gasteiger partial charge >= 0.3 is 5.97 Å². The fourth-order valence-electron chi connectivity index (χ4n) is 5.89. The molecule has 0 radical (unpaired) electrons. The van der Waals surface area contributed by atoms with Crippen LogP contribution in [0.3, 0.4) is 0 Å². The molecule has 4 heterocycles. The van der Waals surface area contributed by atoms with Crippen LogP contribution in [0.2, 0.25) is 5.15 Å². The minimum atomic E-state index is -1.37. The van der Waals surface area contributed by atoms with E-state index < -0.39 is 23.5 Å². The van der Waals surface area contributed by atoms with Crippen LogP contribution in [0.4, 0.5) is 15.9 Å². The summed E-state index contributed by atoms with van der Waals surface area (Å²) in [5.41, 5.74) is 3.65. The number of benzene rings is 2. The number of carboxylic acids is 1. The molecule has 2 aromatic carbocycles. The highest BCUT2D eigenvalue weighted by molar-refractivity contribution is 6.31. The number of carboxylic acid groups (broad SMARTS) is 1. The molecule has 1 saturated heterocycles. The molecular weight excluding hydrogens is 609 g/mol. The van der Waals surface area contributed by atoms with E-state index in [4.69, 9.17) is 20.8 Å². The molecule has 1 unspecified atom stereocenters. The van der Waals surface area contributed by atoms with Crippen LogP contribution in [0, 0.1) is 11.2 Å². The Morgan fingerprint density at radius 3 is 2.59 bits per heavy atom. The number of halogens is 2. The number of carbonyl (C=O) groups is 1. The van der Waals surface area contributed by atoms with Gasteiger partial charge in [-0.05, 0) is 62.8 Å². The third-order valence-corrected chi connectivity index (χ3v) is 8.70. The molecule has 9 nitrogen and oxygen atoms in total. The predicted molar refractivity (Wildman–Crippen MR) is 178 cm³/mol. The maximum atomic E-state index is 15.8. The minimum Gasteiger partial charge on any atom is -0.479 e. The van der Waals surface area contributed by atoms with Crippen molar-refractivity contribution in [3.05, 3.63) is 77.1 Å². The van der Waals surface area contributed by atoms with Crippen molar-refractivity contribution in [3.63, 3.8) is 0 Å². The number of piperidine rings is 1. The Morgan fingerprint density at radius 2 is 1.89 bits per heavy atom. The van der Waals surface area contributed by atoms with Gasteiger partial charge in [0, 0.05) is 42.3 Å². The van der Waals surface area contributed by atoms with Crippen molar-refractivity contribution in [3.8, 4) is 11.1 Å². The number of ether oxygens (including phenoxy) is 1. The molecule has 11 heteroatoms. The topological polar surface area (TPSA) is 114 Å². The number of nitrogens with one attached hydrogen (secondary N) is 1. The van der Waals surface area contributed by atoms with E-state index in [0.29, 0.717) is 58.0 Å². The van der Waals surface area contributed by atoms with Crippen molar-refractivity contribution >= 4 is 51.1 Å². The van der Waals surface area contributed by atoms with Gasteiger partial charge in [0.1, 0.15) is 28.4 Å². The number of pyridine rings is 1. The maximum absolute atomic E-state index is 15.8. The Morgan fingerprint density at radius 1 is 1.15 bits per heavy atom. The van der Waals surface area contributed by atoms with E-state index in [1.165, 1.54) is 12.4 Å². The average Bonchev–Trinajstić information content (AvgIpc) is 3.38. The molecule has 0 spiro atoms. The number of nitrogens with zero attached hydrogens (tertiary/aromatic N) is 4. The zero-order valence-electron chi connectivity index (χ0n) is 26.5. The van der Waals surface area contributed by atoms with Gasteiger partial charge in [0.15, 0.2) is 17.5 Å². The third kappa shape index (κ3) is 6.37. The van der Waals surface area contributed by atoms with Crippen molar-refractivity contribution < 1.29 is 23.4 Å². The van der Waals surface area contributed by atoms with Crippen molar-refractivity contribution in [2.24, 2.45) is 5.41 Å². The molecule has 2 N–H and O–H groups in total. The second-order valence-corrected chi connectivity index (χ2v) is 13.8. The lowest BCUT2D eigenvalue weighted by Crippen LogP contribution is -2.39. The second kappa shape index (κ2) is 12.1. The fourth-order valence-corrected chi connectivity index (χ4v) is 6.12. The van der Waals surface area contributed by atoms with E-state index in [2.05, 4.69) is 39.0 Å². The third-order valence-electron chi connectivity index (χ3n) is 8.40. The molecule has 0 amide bonds. The number of anilines is 2. The van der Waals surface area contributed by atoms with Crippen molar-refractivity contribution in [2.45, 2.75) is 65.7 Å². The Labute approximate surface area is 271 Å². The monoisotopic (exact) mass is 645 g/mol. The molecule has 0 bridgehead atoms. The van der Waals surface area contributed by atoms with Gasteiger partial charge in [0.2, 0.25) is 0 Å². The van der Waals surface area contributed by atoms with E-state index in [9.17, 15) is 9.90 Å². The number of hydrogen-bond acceptors (Lipinski definition) is 8. The van der Waals surface area contributed by atoms with Gasteiger partial charge in [-0.25, -0.2) is 24.1 Å². The van der Waals surface area contributed by atoms with Crippen LogP contribution in [-0.2, 0) is 16.1 Å². The quantitative estimate of drug-likeness (QED) is 0.161. The summed E-state index contributed by atoms with van der Waals surface area (Å²) in [6.45, 7) is 11.3. The molecule has 6 rings (SSSR count). The summed E-state index contributed by atoms with van der Waals surface area (Å²) < 4.78 is 27.8. The summed E-state index contributed by atoms with van der Waals surface area (Å²) in [7, 11) is 0. The first-order valence-electron chi connectivity index (χ1n) is 15.3. The molecule has 1 aliphatic rings. The summed E-state index contributed by atoms with van der Waals surface area (Å²) >= 11 is 6.67. The van der Waals surface area contributed by atoms with Crippen LogP contribution >= 0.6 is 11.6 Å². The largest absolute Gasteiger partial charge is 0.479 e. The smallest absolute Gasteiger partial charge is 0.337 e. The van der Waals surface area contributed by atoms with E-state index in [0.717, 1.165) is 18.2 Å². The van der Waals surface area contributed by atoms with Gasteiger partial charge in [-0.1, -0.05) is 49.7 Å². The predicted octanol–water partition coefficient (Wildman–Crippen LogP) is 8.41. The Balaban J connectivity index is 1.37. The number of hydrogen-bond donors (Lipinski definition) is 2. The van der Waals surface area contributed by atoms with Crippen LogP contribution in [0.1, 0.15) is 64.7 Å². The van der Waals surface area contributed by atoms with Gasteiger partial charge in [-0.3, -0.25) is 0 Å². The Kier molecular flexibility index (Phi) is 8.37. The van der Waals surface area contributed by atoms with Crippen LogP contribution in [-0.4, -0.2) is 44.7 Å². The van der Waals surface area contributed by atoms with Gasteiger partial charge in [0.05, 0.1) is 16.9 Å². The number of furan rings is 1. The zero-order valence-corrected chi connectivity index (χ0v) is 27.3. The number of para-hydroxylation sites is 1. The van der Waals surface area contributed by atoms with Gasteiger partial charge in [-0.2, -0.15) is 0 Å². The lowest BCUT2D eigenvalue weighted by molar-refractivity contribution is -0.160. The van der Waals surface area contributed by atoms with Gasteiger partial charge in [-0.15, -0.1) is 0 Å². The number of fused-ring (bicyclic) bond motifs is 3. The first kappa shape index (κ1) is 31.7. The summed E-state index contributed by atoms with van der Waals surface area (Å²) in [5.74, 6) is -1.15. The van der Waals surface area contributed by atoms with Crippen LogP contribution in [0.25, 0.3) is 33.2 Å². The highest BCUT2D eigenvalue weighted by Gasteiger charge is 2.36. The Hall–Kier alpha value is -4.28. The standard InChI is InChI=1S/C35H37ClFN5O4/c1-34(2,3)46-29(33(43)44)26-28(42-14-12-35(4,5)13-15-42)23(18-38-31(26)36)20-10-11-21(24(37)16-20)17-39-32-30-27(40-19-41-32)22-8-6-7-9-25(22)45-30/h6-11,16,18-19,29H,12-15,17H2,1-5H3,(H,43,44)(H,39,40,41). The number of rotatable bonds is 8. The molecule has 46 heavy (non-hydrogen) atoms. The molecule has 1 fully saturated rings. The van der Waals surface area contributed by atoms with E-state index >= 15 is 4.39 Å². The lowest BCUT2D eigenvalue weighted by Gasteiger charge is -2.40.